The molecule has 29 heteroatoms. The van der Waals surface area contributed by atoms with Gasteiger partial charge in [0.15, 0.2) is 58.0 Å². The van der Waals surface area contributed by atoms with Gasteiger partial charge in [-0.1, -0.05) is 38.0 Å². The summed E-state index contributed by atoms with van der Waals surface area (Å²) in [4.78, 5) is 0. The predicted molar refractivity (Wildman–Crippen MR) is 199 cm³/mol. The van der Waals surface area contributed by atoms with Crippen LogP contribution in [0, 0.1) is 107 Å². The molecule has 5 radical (unpaired) electrons. The number of halogens is 13. The fourth-order valence-corrected chi connectivity index (χ4v) is 4.29. The maximum absolute atomic E-state index is 13.8. The van der Waals surface area contributed by atoms with Gasteiger partial charge < -0.3 is 48.1 Å². The van der Waals surface area contributed by atoms with E-state index in [0.29, 0.717) is 57.9 Å². The van der Waals surface area contributed by atoms with Crippen molar-refractivity contribution < 1.29 is 229 Å². The third kappa shape index (κ3) is 26.8. The smallest absolute Gasteiger partial charge is 0.204 e. The van der Waals surface area contributed by atoms with Gasteiger partial charge in [-0.05, 0) is 0 Å². The van der Waals surface area contributed by atoms with Crippen molar-refractivity contribution in [3.63, 3.8) is 0 Å². The normalized spacial score (nSPS) is 9.84. The van der Waals surface area contributed by atoms with Crippen LogP contribution < -0.4 is 9.47 Å². The summed E-state index contributed by atoms with van der Waals surface area (Å²) >= 11 is 0. The Morgan fingerprint density at radius 1 is 0.290 bits per heavy atom. The van der Waals surface area contributed by atoms with Crippen molar-refractivity contribution in [1.29, 1.82) is 0 Å². The first kappa shape index (κ1) is 79.6. The summed E-state index contributed by atoms with van der Waals surface area (Å²) in [6.07, 6.45) is 1.84. The summed E-state index contributed by atoms with van der Waals surface area (Å²) in [5, 5.41) is 16.7. The minimum Gasteiger partial charge on any atom is -0.485 e. The van der Waals surface area contributed by atoms with Gasteiger partial charge in [0.2, 0.25) is 29.1 Å². The van der Waals surface area contributed by atoms with E-state index in [9.17, 15) is 57.1 Å². The number of rotatable bonds is 27. The summed E-state index contributed by atoms with van der Waals surface area (Å²) in [5.41, 5.74) is -2.91. The molecular weight excluding hydrogens is 1380 g/mol. The SMILES string of the molecule is C=Cc1c(F)c(F)c(F)c(F)c1F.C=Cc1c(F)c(F)c(OCCOCCOCCOCCOc2c(F)c(F)c(C=C)c(F)c2F)c(F)c1F.OCCOCCOCCOCCO.[U].[V].[V].[V].[V].[V]. The predicted octanol–water partition coefficient (Wildman–Crippen LogP) is 7.63. The molecule has 0 atom stereocenters. The molecule has 0 unspecified atom stereocenters. The van der Waals surface area contributed by atoms with Crippen LogP contribution in [0.4, 0.5) is 57.1 Å². The molecule has 2 N–H and O–H groups in total. The third-order valence-corrected chi connectivity index (χ3v) is 7.28. The zero-order valence-electron chi connectivity index (χ0n) is 36.0. The topological polar surface area (TPSA) is 114 Å². The van der Waals surface area contributed by atoms with Gasteiger partial charge in [0.05, 0.1) is 109 Å². The first-order valence-electron chi connectivity index (χ1n) is 18.1. The average Bonchev–Trinajstić information content (AvgIpc) is 3.27. The van der Waals surface area contributed by atoms with E-state index in [2.05, 4.69) is 19.7 Å². The number of aliphatic hydroxyl groups is 2. The second-order valence-corrected chi connectivity index (χ2v) is 11.4. The Labute approximate surface area is 472 Å². The van der Waals surface area contributed by atoms with Gasteiger partial charge in [0, 0.05) is 124 Å². The van der Waals surface area contributed by atoms with Gasteiger partial charge in [-0.15, -0.1) is 0 Å². The van der Waals surface area contributed by atoms with Crippen LogP contribution in [0.5, 0.6) is 11.5 Å². The molecule has 3 aromatic carbocycles. The van der Waals surface area contributed by atoms with Crippen LogP contribution in [0.1, 0.15) is 16.7 Å². The summed E-state index contributed by atoms with van der Waals surface area (Å²) in [6.45, 7) is 10.9. The third-order valence-electron chi connectivity index (χ3n) is 7.28. The van der Waals surface area contributed by atoms with E-state index in [1.54, 1.807) is 0 Å². The first-order valence-corrected chi connectivity index (χ1v) is 18.1. The van der Waals surface area contributed by atoms with E-state index < -0.39 is 117 Å². The maximum Gasteiger partial charge on any atom is 0.204 e. The summed E-state index contributed by atoms with van der Waals surface area (Å²) in [5.74, 6) is -25.5. The Hall–Kier alpha value is -0.776. The molecule has 0 saturated heterocycles. The molecule has 0 aliphatic rings. The number of hydrogen-bond donors (Lipinski definition) is 2. The molecule has 0 heterocycles. The summed E-state index contributed by atoms with van der Waals surface area (Å²) in [7, 11) is 0. The van der Waals surface area contributed by atoms with E-state index in [-0.39, 0.29) is 177 Å². The zero-order valence-corrected chi connectivity index (χ0v) is 47.1. The molecule has 3 aromatic rings. The molecule has 0 fully saturated rings. The van der Waals surface area contributed by atoms with Gasteiger partial charge in [-0.3, -0.25) is 0 Å². The fourth-order valence-electron chi connectivity index (χ4n) is 4.29. The van der Waals surface area contributed by atoms with Crippen LogP contribution in [-0.2, 0) is 121 Å². The van der Waals surface area contributed by atoms with E-state index in [4.69, 9.17) is 48.1 Å². The van der Waals surface area contributed by atoms with Gasteiger partial charge in [0.25, 0.3) is 0 Å². The minimum atomic E-state index is -2.17. The van der Waals surface area contributed by atoms with Crippen molar-refractivity contribution in [2.45, 2.75) is 0 Å². The van der Waals surface area contributed by atoms with Crippen LogP contribution in [0.3, 0.4) is 0 Å². The number of ether oxygens (including phenoxy) is 8. The van der Waals surface area contributed by atoms with Crippen molar-refractivity contribution in [1.82, 2.24) is 0 Å². The molecule has 0 spiro atoms. The first-order chi connectivity index (χ1) is 30.1. The number of benzene rings is 3. The van der Waals surface area contributed by atoms with E-state index >= 15 is 0 Å². The Balaban J connectivity index is -0.000000257. The molecule has 3 rings (SSSR count). The fraction of sp³-hybridized carbons (Fsp3) is 0.400. The molecule has 0 aliphatic carbocycles. The molecule has 0 bridgehead atoms. The summed E-state index contributed by atoms with van der Waals surface area (Å²) in [6, 6.07) is 0. The Kier molecular flexibility index (Phi) is 52.9. The second-order valence-electron chi connectivity index (χ2n) is 11.4. The van der Waals surface area contributed by atoms with Crippen molar-refractivity contribution in [2.75, 3.05) is 106 Å². The number of hydrogen-bond acceptors (Lipinski definition) is 10. The Morgan fingerprint density at radius 2 is 0.464 bits per heavy atom. The van der Waals surface area contributed by atoms with Gasteiger partial charge in [-0.2, -0.15) is 17.6 Å². The standard InChI is InChI=1S/C24H22F8O5.C8H3F5.C8H18O5.U.5V/c1-3-13-15(25)19(29)23(20(30)16(13)26)36-11-9-34-7-5-33-6-8-35-10-12-37-24-21(31)17(27)14(4-2)18(28)22(24)32;1-2-3-4(9)6(11)8(13)7(12)5(3)10;9-1-3-11-5-7-13-8-6-12-4-2-10;;;;;;/h3-4H,1-2,5-12H2;2H,1H2;9-10H,1-8H2;;;;;;. The molecule has 69 heavy (non-hydrogen) atoms. The zero-order chi connectivity index (χ0) is 47.5. The molecule has 10 nitrogen and oxygen atoms in total. The van der Waals surface area contributed by atoms with E-state index in [0.717, 1.165) is 0 Å². The monoisotopic (exact) mass is 1420 g/mol. The van der Waals surface area contributed by atoms with Crippen LogP contribution in [-0.4, -0.2) is 116 Å². The Bertz CT molecular complexity index is 1750. The molecule has 383 valence electrons. The molecule has 0 aliphatic heterocycles. The van der Waals surface area contributed by atoms with Crippen LogP contribution in [0.2, 0.25) is 0 Å². The molecule has 0 amide bonds. The van der Waals surface area contributed by atoms with Crippen molar-refractivity contribution in [2.24, 2.45) is 0 Å². The molecule has 0 aromatic heterocycles. The number of aliphatic hydroxyl groups excluding tert-OH is 2. The molecule has 0 saturated carbocycles. The average molecular weight is 1420 g/mol. The van der Waals surface area contributed by atoms with Gasteiger partial charge in [-0.25, -0.2) is 39.5 Å². The van der Waals surface area contributed by atoms with Crippen molar-refractivity contribution >= 4 is 18.2 Å². The largest absolute Gasteiger partial charge is 0.485 e. The van der Waals surface area contributed by atoms with Crippen LogP contribution in [0.15, 0.2) is 19.7 Å². The van der Waals surface area contributed by atoms with Gasteiger partial charge >= 0.3 is 0 Å². The van der Waals surface area contributed by atoms with Crippen LogP contribution >= 0.6 is 0 Å². The summed E-state index contributed by atoms with van der Waals surface area (Å²) < 4.78 is 212. The van der Waals surface area contributed by atoms with E-state index in [1.807, 2.05) is 0 Å². The molecular formula is C40H43F13O10UV5. The van der Waals surface area contributed by atoms with E-state index in [1.165, 1.54) is 0 Å². The second kappa shape index (κ2) is 45.8. The Morgan fingerprint density at radius 3 is 0.667 bits per heavy atom. The maximum atomic E-state index is 13.8. The quantitative estimate of drug-likeness (QED) is 0.0342. The van der Waals surface area contributed by atoms with Crippen LogP contribution in [0.25, 0.3) is 18.2 Å². The minimum absolute atomic E-state index is 0. The van der Waals surface area contributed by atoms with Gasteiger partial charge in [0.1, 0.15) is 13.2 Å². The van der Waals surface area contributed by atoms with Crippen molar-refractivity contribution in [3.8, 4) is 11.5 Å². The van der Waals surface area contributed by atoms with Crippen molar-refractivity contribution in [3.05, 3.63) is 112 Å².